The molecule has 132 valence electrons. The number of hydrogen-bond acceptors (Lipinski definition) is 6. The monoisotopic (exact) mass is 369 g/mol. The Hall–Kier alpha value is -1.24. The highest BCUT2D eigenvalue weighted by Crippen LogP contribution is 2.19. The van der Waals surface area contributed by atoms with Gasteiger partial charge in [0.25, 0.3) is 0 Å². The van der Waals surface area contributed by atoms with Gasteiger partial charge in [0.1, 0.15) is 0 Å². The summed E-state index contributed by atoms with van der Waals surface area (Å²) in [6.45, 7) is 6.77. The number of halogens is 1. The third-order valence-electron chi connectivity index (χ3n) is 3.74. The van der Waals surface area contributed by atoms with Crippen molar-refractivity contribution >= 4 is 34.5 Å². The highest BCUT2D eigenvalue weighted by Gasteiger charge is 2.24. The van der Waals surface area contributed by atoms with Crippen molar-refractivity contribution < 1.29 is 9.53 Å². The van der Waals surface area contributed by atoms with Crippen molar-refractivity contribution in [3.8, 4) is 0 Å². The van der Waals surface area contributed by atoms with Crippen LogP contribution in [-0.2, 0) is 16.1 Å². The average Bonchev–Trinajstić information content (AvgIpc) is 2.58. The first kappa shape index (κ1) is 19.1. The Kier molecular flexibility index (Phi) is 7.40. The van der Waals surface area contributed by atoms with Crippen molar-refractivity contribution in [1.29, 1.82) is 0 Å². The molecule has 0 spiro atoms. The molecule has 0 bridgehead atoms. The van der Waals surface area contributed by atoms with Crippen LogP contribution in [0.15, 0.2) is 29.3 Å². The number of carbonyl (C=O) groups excluding carboxylic acids is 1. The lowest BCUT2D eigenvalue weighted by Crippen LogP contribution is -2.46. The van der Waals surface area contributed by atoms with E-state index in [1.54, 1.807) is 11.8 Å². The molecular formula is C17H24ClN3O2S. The highest BCUT2D eigenvalue weighted by atomic mass is 35.5. The smallest absolute Gasteiger partial charge is 0.309 e. The number of amidine groups is 1. The molecule has 0 saturated heterocycles. The third-order valence-corrected chi connectivity index (χ3v) is 4.93. The molecule has 1 heterocycles. The number of benzene rings is 1. The molecule has 1 atom stereocenters. The fourth-order valence-corrected chi connectivity index (χ4v) is 3.42. The molecule has 1 aromatic carbocycles. The van der Waals surface area contributed by atoms with Crippen molar-refractivity contribution in [1.82, 2.24) is 9.80 Å². The molecule has 0 aliphatic carbocycles. The largest absolute Gasteiger partial charge is 0.469 e. The maximum absolute atomic E-state index is 11.6. The van der Waals surface area contributed by atoms with Crippen LogP contribution in [-0.4, -0.2) is 53.7 Å². The molecule has 0 unspecified atom stereocenters. The van der Waals surface area contributed by atoms with Gasteiger partial charge < -0.3 is 9.64 Å². The zero-order valence-electron chi connectivity index (χ0n) is 14.4. The van der Waals surface area contributed by atoms with Crippen LogP contribution < -0.4 is 0 Å². The molecule has 0 radical (unpaired) electrons. The van der Waals surface area contributed by atoms with Gasteiger partial charge in [-0.25, -0.2) is 4.99 Å². The number of rotatable bonds is 6. The summed E-state index contributed by atoms with van der Waals surface area (Å²) < 4.78 is 4.82. The molecule has 1 aromatic rings. The fourth-order valence-electron chi connectivity index (χ4n) is 2.58. The van der Waals surface area contributed by atoms with Crippen molar-refractivity contribution in [2.24, 2.45) is 10.9 Å². The van der Waals surface area contributed by atoms with Crippen molar-refractivity contribution in [3.05, 3.63) is 34.9 Å². The van der Waals surface area contributed by atoms with Gasteiger partial charge in [0.15, 0.2) is 5.17 Å². The molecule has 2 rings (SSSR count). The van der Waals surface area contributed by atoms with Crippen LogP contribution in [0.5, 0.6) is 0 Å². The topological polar surface area (TPSA) is 45.1 Å². The minimum atomic E-state index is -0.183. The predicted molar refractivity (Wildman–Crippen MR) is 100 cm³/mol. The molecule has 0 fully saturated rings. The molecule has 1 aliphatic rings. The van der Waals surface area contributed by atoms with Crippen LogP contribution in [0.2, 0.25) is 5.02 Å². The maximum atomic E-state index is 11.6. The zero-order valence-corrected chi connectivity index (χ0v) is 15.9. The molecule has 1 aliphatic heterocycles. The number of aliphatic imine (C=N–C) groups is 1. The standard InChI is InChI=1S/C17H24ClN3O2S/c1-4-24-17-19-11-20(9-13(2)16(22)23-3)12-21(17)10-14-5-7-15(18)8-6-14/h5-8,13H,4,9-12H2,1-3H3/t13-/m1/s1. The van der Waals surface area contributed by atoms with Gasteiger partial charge in [-0.15, -0.1) is 0 Å². The van der Waals surface area contributed by atoms with E-state index in [-0.39, 0.29) is 11.9 Å². The predicted octanol–water partition coefficient (Wildman–Crippen LogP) is 3.29. The second-order valence-electron chi connectivity index (χ2n) is 5.76. The van der Waals surface area contributed by atoms with Crippen LogP contribution in [0.1, 0.15) is 19.4 Å². The summed E-state index contributed by atoms with van der Waals surface area (Å²) in [4.78, 5) is 20.7. The zero-order chi connectivity index (χ0) is 17.5. The Morgan fingerprint density at radius 3 is 2.75 bits per heavy atom. The second kappa shape index (κ2) is 9.30. The van der Waals surface area contributed by atoms with Crippen LogP contribution in [0.25, 0.3) is 0 Å². The minimum absolute atomic E-state index is 0.164. The van der Waals surface area contributed by atoms with Gasteiger partial charge in [-0.1, -0.05) is 49.3 Å². The minimum Gasteiger partial charge on any atom is -0.469 e. The molecular weight excluding hydrogens is 346 g/mol. The Bertz CT molecular complexity index is 580. The lowest BCUT2D eigenvalue weighted by Gasteiger charge is -2.36. The average molecular weight is 370 g/mol. The van der Waals surface area contributed by atoms with Crippen LogP contribution in [0, 0.1) is 5.92 Å². The quantitative estimate of drug-likeness (QED) is 0.720. The van der Waals surface area contributed by atoms with Gasteiger partial charge >= 0.3 is 5.97 Å². The van der Waals surface area contributed by atoms with Gasteiger partial charge in [-0.05, 0) is 23.4 Å². The summed E-state index contributed by atoms with van der Waals surface area (Å²) >= 11 is 7.71. The van der Waals surface area contributed by atoms with Crippen molar-refractivity contribution in [2.45, 2.75) is 20.4 Å². The maximum Gasteiger partial charge on any atom is 0.309 e. The van der Waals surface area contributed by atoms with E-state index in [0.717, 1.165) is 29.2 Å². The molecule has 0 aromatic heterocycles. The van der Waals surface area contributed by atoms with E-state index in [0.29, 0.717) is 13.2 Å². The Labute approximate surface area is 153 Å². The van der Waals surface area contributed by atoms with Gasteiger partial charge in [-0.2, -0.15) is 0 Å². The SMILES string of the molecule is CCSC1=NCN(C[C@@H](C)C(=O)OC)CN1Cc1ccc(Cl)cc1. The molecule has 5 nitrogen and oxygen atoms in total. The normalized spacial score (nSPS) is 16.7. The number of nitrogens with zero attached hydrogens (tertiary/aromatic N) is 3. The number of ether oxygens (including phenoxy) is 1. The molecule has 7 heteroatoms. The second-order valence-corrected chi connectivity index (χ2v) is 7.43. The summed E-state index contributed by atoms with van der Waals surface area (Å²) in [5, 5.41) is 1.79. The lowest BCUT2D eigenvalue weighted by molar-refractivity contribution is -0.145. The summed E-state index contributed by atoms with van der Waals surface area (Å²) in [7, 11) is 1.43. The lowest BCUT2D eigenvalue weighted by atomic mass is 10.2. The Balaban J connectivity index is 2.05. The van der Waals surface area contributed by atoms with Crippen LogP contribution >= 0.6 is 23.4 Å². The van der Waals surface area contributed by atoms with E-state index in [4.69, 9.17) is 16.3 Å². The molecule has 0 N–H and O–H groups in total. The van der Waals surface area contributed by atoms with Gasteiger partial charge in [0.2, 0.25) is 0 Å². The number of methoxy groups -OCH3 is 1. The highest BCUT2D eigenvalue weighted by molar-refractivity contribution is 8.13. The van der Waals surface area contributed by atoms with Gasteiger partial charge in [0, 0.05) is 18.1 Å². The first-order valence-corrected chi connectivity index (χ1v) is 9.36. The first-order chi connectivity index (χ1) is 11.5. The van der Waals surface area contributed by atoms with E-state index in [2.05, 4.69) is 21.7 Å². The number of thioether (sulfide) groups is 1. The Morgan fingerprint density at radius 2 is 2.12 bits per heavy atom. The van der Waals surface area contributed by atoms with Gasteiger partial charge in [-0.3, -0.25) is 9.69 Å². The van der Waals surface area contributed by atoms with Crippen molar-refractivity contribution in [2.75, 3.05) is 32.7 Å². The van der Waals surface area contributed by atoms with Gasteiger partial charge in [0.05, 0.1) is 26.4 Å². The number of hydrogen-bond donors (Lipinski definition) is 0. The molecule has 24 heavy (non-hydrogen) atoms. The van der Waals surface area contributed by atoms with Crippen LogP contribution in [0.4, 0.5) is 0 Å². The first-order valence-electron chi connectivity index (χ1n) is 8.00. The summed E-state index contributed by atoms with van der Waals surface area (Å²) in [5.41, 5.74) is 1.19. The van der Waals surface area contributed by atoms with Crippen LogP contribution in [0.3, 0.4) is 0 Å². The molecule has 0 amide bonds. The molecule has 0 saturated carbocycles. The van der Waals surface area contributed by atoms with Crippen molar-refractivity contribution in [3.63, 3.8) is 0 Å². The fraction of sp³-hybridized carbons (Fsp3) is 0.529. The summed E-state index contributed by atoms with van der Waals surface area (Å²) in [6, 6.07) is 7.88. The van der Waals surface area contributed by atoms with E-state index < -0.39 is 0 Å². The van der Waals surface area contributed by atoms with E-state index in [1.807, 2.05) is 31.2 Å². The van der Waals surface area contributed by atoms with E-state index in [1.165, 1.54) is 12.7 Å². The number of carbonyl (C=O) groups is 1. The number of esters is 1. The summed E-state index contributed by atoms with van der Waals surface area (Å²) in [5.74, 6) is 0.633. The summed E-state index contributed by atoms with van der Waals surface area (Å²) in [6.07, 6.45) is 0. The van der Waals surface area contributed by atoms with E-state index >= 15 is 0 Å². The third kappa shape index (κ3) is 5.40. The Morgan fingerprint density at radius 1 is 1.42 bits per heavy atom. The van der Waals surface area contributed by atoms with E-state index in [9.17, 15) is 4.79 Å².